The average Bonchev–Trinajstić information content (AvgIpc) is 2.96. The van der Waals surface area contributed by atoms with Gasteiger partial charge in [0.2, 0.25) is 0 Å². The number of aromatic nitrogens is 1. The number of esters is 1. The number of aliphatic hydroxyl groups excluding tert-OH is 1. The number of carbonyl (C=O) groups is 1. The number of likely N-dealkylation sites (tertiary alicyclic amines) is 1. The van der Waals surface area contributed by atoms with E-state index in [1.165, 1.54) is 5.56 Å². The van der Waals surface area contributed by atoms with E-state index in [-0.39, 0.29) is 5.97 Å². The largest absolute Gasteiger partial charge is 0.466 e. The molecule has 24 heavy (non-hydrogen) atoms. The fourth-order valence-corrected chi connectivity index (χ4v) is 3.50. The van der Waals surface area contributed by atoms with Crippen molar-refractivity contribution < 1.29 is 14.6 Å². The van der Waals surface area contributed by atoms with Gasteiger partial charge in [-0.15, -0.1) is 0 Å². The van der Waals surface area contributed by atoms with Crippen LogP contribution in [0.5, 0.6) is 0 Å². The minimum Gasteiger partial charge on any atom is -0.466 e. The van der Waals surface area contributed by atoms with Gasteiger partial charge in [0.15, 0.2) is 0 Å². The van der Waals surface area contributed by atoms with Crippen LogP contribution in [0, 0.1) is 5.92 Å². The molecule has 6 heteroatoms. The van der Waals surface area contributed by atoms with Crippen molar-refractivity contribution in [2.45, 2.75) is 25.9 Å². The summed E-state index contributed by atoms with van der Waals surface area (Å²) in [7, 11) is 0. The fraction of sp³-hybridized carbons (Fsp3) is 0.500. The molecule has 0 amide bonds. The van der Waals surface area contributed by atoms with Crippen LogP contribution in [-0.2, 0) is 16.0 Å². The Morgan fingerprint density at radius 1 is 1.50 bits per heavy atom. The van der Waals surface area contributed by atoms with Gasteiger partial charge in [0.05, 0.1) is 18.6 Å². The van der Waals surface area contributed by atoms with Crippen molar-refractivity contribution in [1.29, 1.82) is 0 Å². The van der Waals surface area contributed by atoms with Crippen molar-refractivity contribution in [3.8, 4) is 0 Å². The molecule has 130 valence electrons. The summed E-state index contributed by atoms with van der Waals surface area (Å²) in [6, 6.07) is 5.83. The van der Waals surface area contributed by atoms with Crippen LogP contribution >= 0.6 is 11.6 Å². The lowest BCUT2D eigenvalue weighted by molar-refractivity contribution is -0.155. The summed E-state index contributed by atoms with van der Waals surface area (Å²) >= 11 is 6.09. The number of benzene rings is 1. The summed E-state index contributed by atoms with van der Waals surface area (Å²) in [6.45, 7) is 4.30. The van der Waals surface area contributed by atoms with E-state index in [1.807, 2.05) is 24.4 Å². The quantitative estimate of drug-likeness (QED) is 0.813. The SMILES string of the molecule is CCOC(=O)[C@@H]1CN(CCc2c[nH]c3ccc(Cl)cc23)CC[C@H]1O. The van der Waals surface area contributed by atoms with Crippen molar-refractivity contribution in [2.24, 2.45) is 5.92 Å². The van der Waals surface area contributed by atoms with Crippen LogP contribution in [0.25, 0.3) is 10.9 Å². The summed E-state index contributed by atoms with van der Waals surface area (Å²) in [4.78, 5) is 17.5. The van der Waals surface area contributed by atoms with Gasteiger partial charge in [0, 0.05) is 41.8 Å². The second kappa shape index (κ2) is 7.55. The monoisotopic (exact) mass is 350 g/mol. The third kappa shape index (κ3) is 3.74. The Balaban J connectivity index is 1.63. The number of fused-ring (bicyclic) bond motifs is 1. The van der Waals surface area contributed by atoms with Crippen LogP contribution in [0.4, 0.5) is 0 Å². The van der Waals surface area contributed by atoms with E-state index in [0.717, 1.165) is 35.4 Å². The number of ether oxygens (including phenoxy) is 1. The lowest BCUT2D eigenvalue weighted by Crippen LogP contribution is -2.47. The van der Waals surface area contributed by atoms with Gasteiger partial charge in [-0.1, -0.05) is 11.6 Å². The minimum absolute atomic E-state index is 0.298. The number of carbonyl (C=O) groups excluding carboxylic acids is 1. The molecule has 2 atom stereocenters. The molecule has 1 aromatic heterocycles. The van der Waals surface area contributed by atoms with E-state index >= 15 is 0 Å². The molecular weight excluding hydrogens is 328 g/mol. The zero-order valence-corrected chi connectivity index (χ0v) is 14.6. The van der Waals surface area contributed by atoms with Gasteiger partial charge < -0.3 is 19.7 Å². The highest BCUT2D eigenvalue weighted by Gasteiger charge is 2.34. The van der Waals surface area contributed by atoms with Crippen molar-refractivity contribution in [2.75, 3.05) is 26.2 Å². The van der Waals surface area contributed by atoms with E-state index < -0.39 is 12.0 Å². The van der Waals surface area contributed by atoms with Crippen LogP contribution in [-0.4, -0.2) is 53.3 Å². The Morgan fingerprint density at radius 3 is 3.12 bits per heavy atom. The molecule has 3 rings (SSSR count). The summed E-state index contributed by atoms with van der Waals surface area (Å²) in [5.41, 5.74) is 2.29. The maximum absolute atomic E-state index is 12.0. The third-order valence-electron chi connectivity index (χ3n) is 4.68. The first-order valence-corrected chi connectivity index (χ1v) is 8.79. The van der Waals surface area contributed by atoms with Gasteiger partial charge in [0.1, 0.15) is 0 Å². The molecule has 1 fully saturated rings. The highest BCUT2D eigenvalue weighted by Crippen LogP contribution is 2.24. The fourth-order valence-electron chi connectivity index (χ4n) is 3.33. The molecule has 1 aliphatic rings. The molecule has 0 saturated carbocycles. The van der Waals surface area contributed by atoms with E-state index in [1.54, 1.807) is 6.92 Å². The standard InChI is InChI=1S/C18H23ClN2O3/c1-2-24-18(23)15-11-21(8-6-17(15)22)7-5-12-10-20-16-4-3-13(19)9-14(12)16/h3-4,9-10,15,17,20,22H,2,5-8,11H2,1H3/t15-,17-/m1/s1. The molecule has 2 aromatic rings. The van der Waals surface area contributed by atoms with E-state index in [9.17, 15) is 9.90 Å². The van der Waals surface area contributed by atoms with E-state index in [4.69, 9.17) is 16.3 Å². The van der Waals surface area contributed by atoms with Gasteiger partial charge in [-0.25, -0.2) is 0 Å². The van der Waals surface area contributed by atoms with Crippen molar-refractivity contribution in [1.82, 2.24) is 9.88 Å². The second-order valence-corrected chi connectivity index (χ2v) is 6.71. The van der Waals surface area contributed by atoms with Crippen molar-refractivity contribution in [3.05, 3.63) is 35.0 Å². The van der Waals surface area contributed by atoms with Crippen molar-refractivity contribution in [3.63, 3.8) is 0 Å². The molecule has 0 aliphatic carbocycles. The number of nitrogens with one attached hydrogen (secondary N) is 1. The van der Waals surface area contributed by atoms with Crippen LogP contribution in [0.3, 0.4) is 0 Å². The molecule has 2 heterocycles. The van der Waals surface area contributed by atoms with Gasteiger partial charge in [-0.2, -0.15) is 0 Å². The first-order valence-electron chi connectivity index (χ1n) is 8.41. The van der Waals surface area contributed by atoms with E-state index in [0.29, 0.717) is 19.6 Å². The summed E-state index contributed by atoms with van der Waals surface area (Å²) in [6.07, 6.45) is 2.88. The first-order chi connectivity index (χ1) is 11.6. The first kappa shape index (κ1) is 17.3. The second-order valence-electron chi connectivity index (χ2n) is 6.27. The summed E-state index contributed by atoms with van der Waals surface area (Å²) in [5, 5.41) is 11.9. The van der Waals surface area contributed by atoms with Gasteiger partial charge in [0.25, 0.3) is 0 Å². The Hall–Kier alpha value is -1.56. The highest BCUT2D eigenvalue weighted by atomic mass is 35.5. The molecule has 1 aliphatic heterocycles. The number of aromatic amines is 1. The van der Waals surface area contributed by atoms with Crippen LogP contribution in [0.15, 0.2) is 24.4 Å². The maximum Gasteiger partial charge on any atom is 0.312 e. The molecule has 0 spiro atoms. The Labute approximate surface area is 146 Å². The number of hydrogen-bond acceptors (Lipinski definition) is 4. The van der Waals surface area contributed by atoms with Crippen molar-refractivity contribution >= 4 is 28.5 Å². The number of H-pyrrole nitrogens is 1. The summed E-state index contributed by atoms with van der Waals surface area (Å²) < 4.78 is 5.08. The average molecular weight is 351 g/mol. The smallest absolute Gasteiger partial charge is 0.312 e. The Bertz CT molecular complexity index is 715. The molecular formula is C18H23ClN2O3. The zero-order valence-electron chi connectivity index (χ0n) is 13.8. The Kier molecular flexibility index (Phi) is 5.43. The van der Waals surface area contributed by atoms with Gasteiger partial charge >= 0.3 is 5.97 Å². The number of hydrogen-bond donors (Lipinski definition) is 2. The topological polar surface area (TPSA) is 65.6 Å². The normalized spacial score (nSPS) is 22.0. The van der Waals surface area contributed by atoms with E-state index in [2.05, 4.69) is 9.88 Å². The molecule has 0 radical (unpaired) electrons. The van der Waals surface area contributed by atoms with Gasteiger partial charge in [-0.3, -0.25) is 4.79 Å². The van der Waals surface area contributed by atoms with Crippen LogP contribution in [0.2, 0.25) is 5.02 Å². The lowest BCUT2D eigenvalue weighted by Gasteiger charge is -2.34. The predicted octanol–water partition coefficient (Wildman–Crippen LogP) is 2.61. The molecule has 1 aromatic carbocycles. The molecule has 1 saturated heterocycles. The molecule has 0 unspecified atom stereocenters. The zero-order chi connectivity index (χ0) is 17.1. The van der Waals surface area contributed by atoms with Crippen LogP contribution in [0.1, 0.15) is 18.9 Å². The number of nitrogens with zero attached hydrogens (tertiary/aromatic N) is 1. The number of aliphatic hydroxyl groups is 1. The maximum atomic E-state index is 12.0. The highest BCUT2D eigenvalue weighted by molar-refractivity contribution is 6.31. The lowest BCUT2D eigenvalue weighted by atomic mass is 9.94. The number of rotatable bonds is 5. The molecule has 5 nitrogen and oxygen atoms in total. The third-order valence-corrected chi connectivity index (χ3v) is 4.91. The minimum atomic E-state index is -0.604. The molecule has 2 N–H and O–H groups in total. The van der Waals surface area contributed by atoms with Gasteiger partial charge in [-0.05, 0) is 43.5 Å². The predicted molar refractivity (Wildman–Crippen MR) is 94.2 cm³/mol. The number of halogens is 1. The number of piperidine rings is 1. The summed E-state index contributed by atoms with van der Waals surface area (Å²) in [5.74, 6) is -0.746. The molecule has 0 bridgehead atoms. The van der Waals surface area contributed by atoms with Crippen LogP contribution < -0.4 is 0 Å². The Morgan fingerprint density at radius 2 is 2.33 bits per heavy atom.